The number of nitrogens with two attached hydrogens (primary N) is 1. The predicted molar refractivity (Wildman–Crippen MR) is 104 cm³/mol. The van der Waals surface area contributed by atoms with E-state index in [2.05, 4.69) is 25.6 Å². The van der Waals surface area contributed by atoms with Crippen LogP contribution < -0.4 is 16.4 Å². The van der Waals surface area contributed by atoms with Crippen molar-refractivity contribution in [3.63, 3.8) is 0 Å². The van der Waals surface area contributed by atoms with Crippen molar-refractivity contribution < 1.29 is 13.6 Å². The second-order valence-corrected chi connectivity index (χ2v) is 6.33. The van der Waals surface area contributed by atoms with Crippen LogP contribution in [0.1, 0.15) is 34.2 Å². The van der Waals surface area contributed by atoms with Crippen LogP contribution in [0.25, 0.3) is 11.2 Å². The normalized spacial score (nSPS) is 11.9. The molecule has 4 N–H and O–H groups in total. The molecule has 8 nitrogen and oxygen atoms in total. The van der Waals surface area contributed by atoms with Crippen LogP contribution in [-0.2, 0) is 4.79 Å². The highest BCUT2D eigenvalue weighted by Crippen LogP contribution is 2.27. The van der Waals surface area contributed by atoms with Gasteiger partial charge in [0.25, 0.3) is 0 Å². The quantitative estimate of drug-likeness (QED) is 0.594. The second-order valence-electron chi connectivity index (χ2n) is 6.33. The van der Waals surface area contributed by atoms with E-state index < -0.39 is 23.6 Å². The maximum atomic E-state index is 14.0. The smallest absolute Gasteiger partial charge is 0.240 e. The number of carbonyl (C=O) groups is 1. The Kier molecular flexibility index (Phi) is 6.12. The van der Waals surface area contributed by atoms with Crippen molar-refractivity contribution in [1.82, 2.24) is 19.5 Å². The molecule has 1 aromatic carbocycles. The van der Waals surface area contributed by atoms with Crippen molar-refractivity contribution in [2.75, 3.05) is 10.6 Å². The number of fused-ring (bicyclic) bond motifs is 1. The van der Waals surface area contributed by atoms with Crippen molar-refractivity contribution in [2.45, 2.75) is 40.3 Å². The number of rotatable bonds is 6. The van der Waals surface area contributed by atoms with E-state index in [0.29, 0.717) is 17.1 Å². The summed E-state index contributed by atoms with van der Waals surface area (Å²) in [6.07, 6.45) is 1.49. The summed E-state index contributed by atoms with van der Waals surface area (Å²) < 4.78 is 28.6. The van der Waals surface area contributed by atoms with E-state index in [1.807, 2.05) is 13.8 Å². The first-order chi connectivity index (χ1) is 12.8. The van der Waals surface area contributed by atoms with Gasteiger partial charge < -0.3 is 16.4 Å². The van der Waals surface area contributed by atoms with Crippen LogP contribution >= 0.6 is 0 Å². The monoisotopic (exact) mass is 391 g/mol. The van der Waals surface area contributed by atoms with Gasteiger partial charge in [0.05, 0.1) is 11.9 Å². The summed E-state index contributed by atoms with van der Waals surface area (Å²) in [5.74, 6) is -1.62. The number of aromatic nitrogens is 4. The van der Waals surface area contributed by atoms with Crippen molar-refractivity contribution in [3.8, 4) is 0 Å². The number of benzene rings is 1. The minimum atomic E-state index is -0.817. The third kappa shape index (κ3) is 4.16. The van der Waals surface area contributed by atoms with Gasteiger partial charge in [0.1, 0.15) is 23.2 Å². The van der Waals surface area contributed by atoms with Gasteiger partial charge in [-0.25, -0.2) is 18.7 Å². The van der Waals surface area contributed by atoms with Crippen LogP contribution in [-0.4, -0.2) is 31.5 Å². The highest BCUT2D eigenvalue weighted by atomic mass is 19.1. The van der Waals surface area contributed by atoms with Crippen molar-refractivity contribution >= 4 is 34.7 Å². The molecule has 28 heavy (non-hydrogen) atoms. The SMILES string of the molecule is C.CC(C)Nc1ncc2nc(Nc3ccc(F)cc3F)n([C@@H](C)C(N)=O)c2n1. The van der Waals surface area contributed by atoms with Gasteiger partial charge in [0.15, 0.2) is 5.65 Å². The van der Waals surface area contributed by atoms with Crippen LogP contribution in [0.5, 0.6) is 0 Å². The van der Waals surface area contributed by atoms with Gasteiger partial charge >= 0.3 is 0 Å². The number of imidazole rings is 1. The molecule has 0 aliphatic carbocycles. The standard InChI is InChI=1S/C17H19F2N7O.CH4/c1-8(2)22-16-21-7-13-15(25-16)26(9(3)14(20)27)17(24-13)23-12-5-4-10(18)6-11(12)19;/h4-9H,1-3H3,(H2,20,27)(H,23,24)(H,21,22,25);1H4/t9-;/m0./s1. The molecular formula is C18H23F2N7O. The number of hydrogen-bond donors (Lipinski definition) is 3. The largest absolute Gasteiger partial charge is 0.368 e. The zero-order valence-corrected chi connectivity index (χ0v) is 15.0. The molecular weight excluding hydrogens is 368 g/mol. The zero-order chi connectivity index (χ0) is 19.7. The Bertz CT molecular complexity index is 1000. The minimum Gasteiger partial charge on any atom is -0.368 e. The molecule has 10 heteroatoms. The number of nitrogens with one attached hydrogen (secondary N) is 2. The molecule has 1 amide bonds. The Balaban J connectivity index is 0.00000280. The predicted octanol–water partition coefficient (Wildman–Crippen LogP) is 3.35. The van der Waals surface area contributed by atoms with E-state index in [1.165, 1.54) is 16.8 Å². The molecule has 0 saturated heterocycles. The number of halogens is 2. The number of nitrogens with zero attached hydrogens (tertiary/aromatic N) is 4. The fourth-order valence-electron chi connectivity index (χ4n) is 2.51. The number of primary amides is 1. The molecule has 0 fully saturated rings. The van der Waals surface area contributed by atoms with Crippen LogP contribution in [0.4, 0.5) is 26.4 Å². The maximum Gasteiger partial charge on any atom is 0.240 e. The molecule has 0 saturated carbocycles. The fourth-order valence-corrected chi connectivity index (χ4v) is 2.51. The lowest BCUT2D eigenvalue weighted by Gasteiger charge is -2.15. The summed E-state index contributed by atoms with van der Waals surface area (Å²) in [4.78, 5) is 24.7. The highest BCUT2D eigenvalue weighted by molar-refractivity contribution is 5.83. The molecule has 150 valence electrons. The second kappa shape index (κ2) is 8.15. The van der Waals surface area contributed by atoms with Crippen LogP contribution in [0.3, 0.4) is 0 Å². The van der Waals surface area contributed by atoms with Gasteiger partial charge in [-0.1, -0.05) is 7.43 Å². The lowest BCUT2D eigenvalue weighted by Crippen LogP contribution is -2.25. The Morgan fingerprint density at radius 1 is 1.21 bits per heavy atom. The number of amides is 1. The summed E-state index contributed by atoms with van der Waals surface area (Å²) in [7, 11) is 0. The van der Waals surface area contributed by atoms with E-state index >= 15 is 0 Å². The molecule has 0 unspecified atom stereocenters. The Morgan fingerprint density at radius 2 is 1.93 bits per heavy atom. The Morgan fingerprint density at radius 3 is 2.54 bits per heavy atom. The Hall–Kier alpha value is -3.30. The van der Waals surface area contributed by atoms with E-state index in [0.717, 1.165) is 12.1 Å². The number of anilines is 3. The first-order valence-corrected chi connectivity index (χ1v) is 8.29. The lowest BCUT2D eigenvalue weighted by molar-refractivity contribution is -0.120. The van der Waals surface area contributed by atoms with Gasteiger partial charge in [0.2, 0.25) is 17.8 Å². The Labute approximate surface area is 161 Å². The minimum absolute atomic E-state index is 0. The molecule has 1 atom stereocenters. The lowest BCUT2D eigenvalue weighted by atomic mass is 10.3. The molecule has 2 aromatic heterocycles. The summed E-state index contributed by atoms with van der Waals surface area (Å²) in [5.41, 5.74) is 6.19. The molecule has 0 aliphatic rings. The number of hydrogen-bond acceptors (Lipinski definition) is 6. The van der Waals surface area contributed by atoms with Gasteiger partial charge in [-0.15, -0.1) is 0 Å². The number of carbonyl (C=O) groups excluding carboxylic acids is 1. The van der Waals surface area contributed by atoms with Gasteiger partial charge in [-0.3, -0.25) is 9.36 Å². The van der Waals surface area contributed by atoms with E-state index in [4.69, 9.17) is 5.73 Å². The molecule has 0 radical (unpaired) electrons. The molecule has 3 aromatic rings. The first kappa shape index (κ1) is 21.0. The fraction of sp³-hybridized carbons (Fsp3) is 0.333. The van der Waals surface area contributed by atoms with E-state index in [9.17, 15) is 13.6 Å². The van der Waals surface area contributed by atoms with Crippen LogP contribution in [0, 0.1) is 11.6 Å². The average molecular weight is 391 g/mol. The first-order valence-electron chi connectivity index (χ1n) is 8.29. The van der Waals surface area contributed by atoms with Crippen LogP contribution in [0.15, 0.2) is 24.4 Å². The average Bonchev–Trinajstić information content (AvgIpc) is 2.93. The maximum absolute atomic E-state index is 14.0. The van der Waals surface area contributed by atoms with E-state index in [1.54, 1.807) is 6.92 Å². The molecule has 2 heterocycles. The summed E-state index contributed by atoms with van der Waals surface area (Å²) in [5, 5.41) is 5.83. The van der Waals surface area contributed by atoms with Gasteiger partial charge in [-0.2, -0.15) is 4.98 Å². The summed E-state index contributed by atoms with van der Waals surface area (Å²) in [6, 6.07) is 2.37. The molecule has 0 spiro atoms. The molecule has 0 aliphatic heterocycles. The van der Waals surface area contributed by atoms with Crippen molar-refractivity contribution in [2.24, 2.45) is 5.73 Å². The van der Waals surface area contributed by atoms with E-state index in [-0.39, 0.29) is 25.1 Å². The van der Waals surface area contributed by atoms with Gasteiger partial charge in [-0.05, 0) is 32.9 Å². The van der Waals surface area contributed by atoms with Crippen molar-refractivity contribution in [1.29, 1.82) is 0 Å². The highest BCUT2D eigenvalue weighted by Gasteiger charge is 2.22. The van der Waals surface area contributed by atoms with Crippen LogP contribution in [0.2, 0.25) is 0 Å². The topological polar surface area (TPSA) is 111 Å². The third-order valence-electron chi connectivity index (χ3n) is 3.83. The van der Waals surface area contributed by atoms with Crippen molar-refractivity contribution in [3.05, 3.63) is 36.0 Å². The third-order valence-corrected chi connectivity index (χ3v) is 3.83. The zero-order valence-electron chi connectivity index (χ0n) is 15.0. The van der Waals surface area contributed by atoms with Gasteiger partial charge in [0, 0.05) is 12.1 Å². The summed E-state index contributed by atoms with van der Waals surface area (Å²) in [6.45, 7) is 5.44. The molecule has 3 rings (SSSR count). The summed E-state index contributed by atoms with van der Waals surface area (Å²) >= 11 is 0. The molecule has 0 bridgehead atoms.